The summed E-state index contributed by atoms with van der Waals surface area (Å²) in [7, 11) is -3.93. The van der Waals surface area contributed by atoms with Crippen molar-refractivity contribution >= 4 is 38.9 Å². The summed E-state index contributed by atoms with van der Waals surface area (Å²) in [5, 5.41) is 1.23. The minimum absolute atomic E-state index is 0.0589. The van der Waals surface area contributed by atoms with E-state index < -0.39 is 38.9 Å². The molecule has 0 spiro atoms. The van der Waals surface area contributed by atoms with Gasteiger partial charge in [0.05, 0.1) is 23.0 Å². The normalized spacial score (nSPS) is 12.9. The monoisotopic (exact) mass is 553 g/mol. The molecular formula is C26H24ClN5O5S. The Morgan fingerprint density at radius 3 is 2.32 bits per heavy atom. The molecular weight excluding hydrogens is 530 g/mol. The summed E-state index contributed by atoms with van der Waals surface area (Å²) in [6, 6.07) is 11.6. The molecule has 2 amide bonds. The van der Waals surface area contributed by atoms with Crippen LogP contribution in [0.4, 0.5) is 5.69 Å². The zero-order chi connectivity index (χ0) is 27.3. The summed E-state index contributed by atoms with van der Waals surface area (Å²) in [4.78, 5) is 40.2. The first-order chi connectivity index (χ1) is 18.2. The van der Waals surface area contributed by atoms with Gasteiger partial charge in [-0.15, -0.1) is 11.6 Å². The van der Waals surface area contributed by atoms with Crippen LogP contribution < -0.4 is 10.2 Å². The number of carbonyl (C=O) groups is 2. The second kappa shape index (κ2) is 11.5. The van der Waals surface area contributed by atoms with Gasteiger partial charge in [-0.2, -0.15) is 0 Å². The number of hydrogen-bond donors (Lipinski definition) is 1. The number of anilines is 1. The quantitative estimate of drug-likeness (QED) is 0.310. The van der Waals surface area contributed by atoms with Crippen molar-refractivity contribution in [1.29, 1.82) is 0 Å². The van der Waals surface area contributed by atoms with Gasteiger partial charge >= 0.3 is 0 Å². The van der Waals surface area contributed by atoms with E-state index in [0.717, 1.165) is 5.56 Å². The van der Waals surface area contributed by atoms with E-state index in [1.165, 1.54) is 48.9 Å². The summed E-state index contributed by atoms with van der Waals surface area (Å²) in [6.07, 6.45) is 6.97. The second-order valence-corrected chi connectivity index (χ2v) is 10.9. The Labute approximate surface area is 224 Å². The van der Waals surface area contributed by atoms with Crippen LogP contribution in [0.25, 0.3) is 11.3 Å². The molecule has 0 aliphatic rings. The molecule has 0 aliphatic carbocycles. The predicted molar refractivity (Wildman–Crippen MR) is 141 cm³/mol. The fraction of sp³-hybridized carbons (Fsp3) is 0.192. The van der Waals surface area contributed by atoms with Gasteiger partial charge in [0, 0.05) is 23.6 Å². The van der Waals surface area contributed by atoms with Gasteiger partial charge in [0.2, 0.25) is 5.91 Å². The van der Waals surface area contributed by atoms with Crippen LogP contribution in [-0.4, -0.2) is 46.4 Å². The number of alkyl halides is 1. The highest BCUT2D eigenvalue weighted by molar-refractivity contribution is 7.92. The van der Waals surface area contributed by atoms with Gasteiger partial charge in [-0.25, -0.2) is 13.4 Å². The standard InChI is InChI=1S/C26H24ClN5O5S/c1-17-3-9-21(10-4-17)38(35,36)18(2)31-26(34)25(22-14-28-11-12-30-22)32(24(33)13-27)20-7-5-19(6-8-20)23-15-29-16-37-23/h3-12,14-16,18,25H,13H2,1-2H3,(H,31,34). The molecule has 2 atom stereocenters. The van der Waals surface area contributed by atoms with E-state index in [0.29, 0.717) is 17.0 Å². The molecule has 0 fully saturated rings. The van der Waals surface area contributed by atoms with Gasteiger partial charge in [0.1, 0.15) is 11.3 Å². The molecule has 2 heterocycles. The van der Waals surface area contributed by atoms with Crippen molar-refractivity contribution in [2.45, 2.75) is 30.2 Å². The van der Waals surface area contributed by atoms with Gasteiger partial charge in [0.15, 0.2) is 28.0 Å². The van der Waals surface area contributed by atoms with Crippen LogP contribution in [0, 0.1) is 6.92 Å². The zero-order valence-electron chi connectivity index (χ0n) is 20.5. The Morgan fingerprint density at radius 1 is 1.03 bits per heavy atom. The lowest BCUT2D eigenvalue weighted by atomic mass is 10.1. The van der Waals surface area contributed by atoms with Crippen molar-refractivity contribution in [3.8, 4) is 11.3 Å². The maximum Gasteiger partial charge on any atom is 0.250 e. The summed E-state index contributed by atoms with van der Waals surface area (Å²) < 4.78 is 31.6. The second-order valence-electron chi connectivity index (χ2n) is 8.35. The van der Waals surface area contributed by atoms with E-state index in [-0.39, 0.29) is 10.6 Å². The lowest BCUT2D eigenvalue weighted by molar-refractivity contribution is -0.126. The van der Waals surface area contributed by atoms with Crippen LogP contribution in [0.15, 0.2) is 89.0 Å². The summed E-state index contributed by atoms with van der Waals surface area (Å²) in [5.41, 5.74) is 2.05. The number of sulfone groups is 1. The van der Waals surface area contributed by atoms with Gasteiger partial charge in [-0.05, 0) is 50.2 Å². The lowest BCUT2D eigenvalue weighted by Crippen LogP contribution is -2.48. The van der Waals surface area contributed by atoms with E-state index >= 15 is 0 Å². The Hall–Kier alpha value is -4.09. The fourth-order valence-corrected chi connectivity index (χ4v) is 5.09. The van der Waals surface area contributed by atoms with Crippen LogP contribution in [0.1, 0.15) is 24.2 Å². The minimum atomic E-state index is -3.93. The number of oxazole rings is 1. The number of aromatic nitrogens is 3. The molecule has 1 N–H and O–H groups in total. The molecule has 12 heteroatoms. The molecule has 196 valence electrons. The fourth-order valence-electron chi connectivity index (χ4n) is 3.77. The lowest BCUT2D eigenvalue weighted by Gasteiger charge is -2.31. The third-order valence-corrected chi connectivity index (χ3v) is 7.98. The van der Waals surface area contributed by atoms with E-state index in [2.05, 4.69) is 20.3 Å². The smallest absolute Gasteiger partial charge is 0.250 e. The highest BCUT2D eigenvalue weighted by Crippen LogP contribution is 2.30. The van der Waals surface area contributed by atoms with Crippen LogP contribution in [0.2, 0.25) is 0 Å². The third-order valence-electron chi connectivity index (χ3n) is 5.78. The van der Waals surface area contributed by atoms with Gasteiger partial charge < -0.3 is 9.73 Å². The molecule has 10 nitrogen and oxygen atoms in total. The number of carbonyl (C=O) groups excluding carboxylic acids is 2. The van der Waals surface area contributed by atoms with Gasteiger partial charge in [-0.3, -0.25) is 24.5 Å². The summed E-state index contributed by atoms with van der Waals surface area (Å²) in [5.74, 6) is -1.29. The van der Waals surface area contributed by atoms with E-state index in [1.807, 2.05) is 6.92 Å². The Morgan fingerprint density at radius 2 is 1.74 bits per heavy atom. The highest BCUT2D eigenvalue weighted by atomic mass is 35.5. The average Bonchev–Trinajstić information content (AvgIpc) is 3.47. The van der Waals surface area contributed by atoms with Crippen LogP contribution >= 0.6 is 11.6 Å². The Balaban J connectivity index is 1.70. The topological polar surface area (TPSA) is 135 Å². The number of amides is 2. The number of nitrogens with zero attached hydrogens (tertiary/aromatic N) is 4. The van der Waals surface area contributed by atoms with Crippen molar-refractivity contribution in [3.05, 3.63) is 91.0 Å². The maximum absolute atomic E-state index is 13.7. The summed E-state index contributed by atoms with van der Waals surface area (Å²) >= 11 is 5.94. The number of rotatable bonds is 9. The predicted octanol–water partition coefficient (Wildman–Crippen LogP) is 3.69. The first kappa shape index (κ1) is 27.0. The number of nitrogens with one attached hydrogen (secondary N) is 1. The molecule has 2 aromatic carbocycles. The average molecular weight is 554 g/mol. The number of hydrogen-bond acceptors (Lipinski definition) is 8. The molecule has 0 bridgehead atoms. The molecule has 0 saturated heterocycles. The number of benzene rings is 2. The largest absolute Gasteiger partial charge is 0.444 e. The van der Waals surface area contributed by atoms with Crippen LogP contribution in [0.5, 0.6) is 0 Å². The number of halogens is 1. The molecule has 0 radical (unpaired) electrons. The number of aryl methyl sites for hydroxylation is 1. The maximum atomic E-state index is 13.7. The highest BCUT2D eigenvalue weighted by Gasteiger charge is 2.36. The van der Waals surface area contributed by atoms with Crippen molar-refractivity contribution in [2.24, 2.45) is 0 Å². The van der Waals surface area contributed by atoms with Crippen molar-refractivity contribution in [2.75, 3.05) is 10.8 Å². The Kier molecular flexibility index (Phi) is 8.18. The first-order valence-electron chi connectivity index (χ1n) is 11.5. The van der Waals surface area contributed by atoms with E-state index in [4.69, 9.17) is 16.0 Å². The molecule has 2 aromatic heterocycles. The van der Waals surface area contributed by atoms with E-state index in [1.54, 1.807) is 42.6 Å². The molecule has 38 heavy (non-hydrogen) atoms. The van der Waals surface area contributed by atoms with Gasteiger partial charge in [0.25, 0.3) is 5.91 Å². The van der Waals surface area contributed by atoms with Crippen molar-refractivity contribution in [3.63, 3.8) is 0 Å². The molecule has 4 aromatic rings. The van der Waals surface area contributed by atoms with E-state index in [9.17, 15) is 18.0 Å². The zero-order valence-corrected chi connectivity index (χ0v) is 22.1. The van der Waals surface area contributed by atoms with Crippen LogP contribution in [0.3, 0.4) is 0 Å². The summed E-state index contributed by atoms with van der Waals surface area (Å²) in [6.45, 7) is 3.20. The minimum Gasteiger partial charge on any atom is -0.444 e. The molecule has 2 unspecified atom stereocenters. The first-order valence-corrected chi connectivity index (χ1v) is 13.5. The molecule has 0 saturated carbocycles. The Bertz CT molecular complexity index is 1500. The van der Waals surface area contributed by atoms with Crippen LogP contribution in [-0.2, 0) is 19.4 Å². The third kappa shape index (κ3) is 5.74. The van der Waals surface area contributed by atoms with Crippen molar-refractivity contribution < 1.29 is 22.4 Å². The van der Waals surface area contributed by atoms with Crippen molar-refractivity contribution in [1.82, 2.24) is 20.3 Å². The molecule has 0 aliphatic heterocycles. The molecule has 4 rings (SSSR count). The SMILES string of the molecule is Cc1ccc(S(=O)(=O)C(C)NC(=O)C(c2cnccn2)N(C(=O)CCl)c2ccc(-c3cnco3)cc2)cc1. The van der Waals surface area contributed by atoms with Gasteiger partial charge in [-0.1, -0.05) is 17.7 Å².